The average molecular weight is 582 g/mol. The summed E-state index contributed by atoms with van der Waals surface area (Å²) in [5.74, 6) is -0.964. The second-order valence-corrected chi connectivity index (χ2v) is 12.7. The standard InChI is InChI=1S/C32H40FN3O4S/c1-23(2)34-32(38)30(21-26-10-7-6-8-11-26)35(22-27-15-17-28(33)18-16-27)31(37)12-9-19-36(41(5,39)40)29-20-24(3)13-14-25(29)4/h6-8,10-11,13-18,20,23,30H,9,12,19,21-22H2,1-5H3,(H,34,38)/t30-/m0/s1. The highest BCUT2D eigenvalue weighted by atomic mass is 32.2. The van der Waals surface area contributed by atoms with Crippen LogP contribution in [0, 0.1) is 19.7 Å². The number of halogens is 1. The second-order valence-electron chi connectivity index (χ2n) is 10.7. The number of hydrogen-bond acceptors (Lipinski definition) is 4. The van der Waals surface area contributed by atoms with E-state index in [0.29, 0.717) is 17.7 Å². The molecule has 0 aliphatic heterocycles. The van der Waals surface area contributed by atoms with E-state index in [4.69, 9.17) is 0 Å². The normalized spacial score (nSPS) is 12.2. The maximum absolute atomic E-state index is 13.8. The Morgan fingerprint density at radius 3 is 2.20 bits per heavy atom. The third kappa shape index (κ3) is 9.42. The molecule has 0 saturated carbocycles. The summed E-state index contributed by atoms with van der Waals surface area (Å²) in [7, 11) is -3.60. The number of aryl methyl sites for hydroxylation is 2. The molecule has 3 rings (SSSR count). The molecule has 41 heavy (non-hydrogen) atoms. The summed E-state index contributed by atoms with van der Waals surface area (Å²) in [4.78, 5) is 28.8. The van der Waals surface area contributed by atoms with Gasteiger partial charge in [0, 0.05) is 32.0 Å². The van der Waals surface area contributed by atoms with Crippen molar-refractivity contribution < 1.29 is 22.4 Å². The number of sulfonamides is 1. The topological polar surface area (TPSA) is 86.8 Å². The van der Waals surface area contributed by atoms with E-state index in [2.05, 4.69) is 5.32 Å². The molecule has 0 fully saturated rings. The van der Waals surface area contributed by atoms with Crippen molar-refractivity contribution in [3.8, 4) is 0 Å². The highest BCUT2D eigenvalue weighted by Gasteiger charge is 2.31. The van der Waals surface area contributed by atoms with Crippen molar-refractivity contribution in [1.29, 1.82) is 0 Å². The van der Waals surface area contributed by atoms with Gasteiger partial charge in [-0.05, 0) is 74.6 Å². The Balaban J connectivity index is 1.89. The second kappa shape index (κ2) is 14.3. The quantitative estimate of drug-likeness (QED) is 0.302. The molecule has 0 saturated heterocycles. The molecular formula is C32H40FN3O4S. The van der Waals surface area contributed by atoms with Gasteiger partial charge in [0.25, 0.3) is 0 Å². The van der Waals surface area contributed by atoms with Crippen molar-refractivity contribution in [3.05, 3.63) is 101 Å². The lowest BCUT2D eigenvalue weighted by Gasteiger charge is -2.32. The molecule has 1 atom stereocenters. The van der Waals surface area contributed by atoms with E-state index in [0.717, 1.165) is 22.9 Å². The predicted octanol–water partition coefficient (Wildman–Crippen LogP) is 5.15. The maximum Gasteiger partial charge on any atom is 0.243 e. The first kappa shape index (κ1) is 31.8. The summed E-state index contributed by atoms with van der Waals surface area (Å²) >= 11 is 0. The van der Waals surface area contributed by atoms with E-state index >= 15 is 0 Å². The molecule has 0 aliphatic rings. The van der Waals surface area contributed by atoms with Crippen LogP contribution in [0.4, 0.5) is 10.1 Å². The summed E-state index contributed by atoms with van der Waals surface area (Å²) in [6.45, 7) is 7.68. The fourth-order valence-electron chi connectivity index (χ4n) is 4.69. The van der Waals surface area contributed by atoms with Gasteiger partial charge in [0.05, 0.1) is 11.9 Å². The van der Waals surface area contributed by atoms with Crippen LogP contribution < -0.4 is 9.62 Å². The number of amides is 2. The van der Waals surface area contributed by atoms with E-state index in [1.54, 1.807) is 12.1 Å². The van der Waals surface area contributed by atoms with Crippen LogP contribution in [0.5, 0.6) is 0 Å². The van der Waals surface area contributed by atoms with Gasteiger partial charge in [-0.3, -0.25) is 13.9 Å². The predicted molar refractivity (Wildman–Crippen MR) is 162 cm³/mol. The van der Waals surface area contributed by atoms with Crippen molar-refractivity contribution in [1.82, 2.24) is 10.2 Å². The lowest BCUT2D eigenvalue weighted by Crippen LogP contribution is -2.51. The van der Waals surface area contributed by atoms with Gasteiger partial charge in [-0.25, -0.2) is 12.8 Å². The molecule has 0 unspecified atom stereocenters. The van der Waals surface area contributed by atoms with Crippen LogP contribution in [-0.4, -0.2) is 50.0 Å². The van der Waals surface area contributed by atoms with Crippen molar-refractivity contribution in [3.63, 3.8) is 0 Å². The van der Waals surface area contributed by atoms with E-state index in [-0.39, 0.29) is 43.8 Å². The fourth-order valence-corrected chi connectivity index (χ4v) is 5.71. The van der Waals surface area contributed by atoms with Gasteiger partial charge in [-0.15, -0.1) is 0 Å². The first-order valence-electron chi connectivity index (χ1n) is 13.8. The molecule has 3 aromatic carbocycles. The Bertz CT molecular complexity index is 1430. The molecule has 0 spiro atoms. The molecular weight excluding hydrogens is 541 g/mol. The van der Waals surface area contributed by atoms with Crippen LogP contribution in [0.15, 0.2) is 72.8 Å². The summed E-state index contributed by atoms with van der Waals surface area (Å²) < 4.78 is 40.4. The molecule has 0 heterocycles. The van der Waals surface area contributed by atoms with Crippen molar-refractivity contribution in [2.45, 2.75) is 65.6 Å². The molecule has 0 radical (unpaired) electrons. The Morgan fingerprint density at radius 1 is 0.927 bits per heavy atom. The zero-order chi connectivity index (χ0) is 30.2. The lowest BCUT2D eigenvalue weighted by molar-refractivity contribution is -0.141. The van der Waals surface area contributed by atoms with Crippen molar-refractivity contribution >= 4 is 27.5 Å². The van der Waals surface area contributed by atoms with Gasteiger partial charge in [-0.2, -0.15) is 0 Å². The van der Waals surface area contributed by atoms with Gasteiger partial charge >= 0.3 is 0 Å². The van der Waals surface area contributed by atoms with Gasteiger partial charge in [0.15, 0.2) is 0 Å². The van der Waals surface area contributed by atoms with Gasteiger partial charge in [-0.1, -0.05) is 54.6 Å². The monoisotopic (exact) mass is 581 g/mol. The van der Waals surface area contributed by atoms with Crippen LogP contribution in [0.25, 0.3) is 0 Å². The van der Waals surface area contributed by atoms with E-state index < -0.39 is 21.9 Å². The summed E-state index contributed by atoms with van der Waals surface area (Å²) in [5, 5.41) is 2.94. The molecule has 1 N–H and O–H groups in total. The van der Waals surface area contributed by atoms with Crippen LogP contribution in [0.1, 0.15) is 48.9 Å². The van der Waals surface area contributed by atoms with Crippen LogP contribution >= 0.6 is 0 Å². The Hall–Kier alpha value is -3.72. The smallest absolute Gasteiger partial charge is 0.243 e. The number of carbonyl (C=O) groups is 2. The summed E-state index contributed by atoms with van der Waals surface area (Å²) in [6.07, 6.45) is 1.73. The Kier molecular flexibility index (Phi) is 11.1. The molecule has 220 valence electrons. The summed E-state index contributed by atoms with van der Waals surface area (Å²) in [5.41, 5.74) is 3.91. The van der Waals surface area contributed by atoms with Crippen molar-refractivity contribution in [2.75, 3.05) is 17.1 Å². The minimum atomic E-state index is -3.60. The molecule has 2 amide bonds. The fraction of sp³-hybridized carbons (Fsp3) is 0.375. The zero-order valence-corrected chi connectivity index (χ0v) is 25.2. The third-order valence-electron chi connectivity index (χ3n) is 6.75. The third-order valence-corrected chi connectivity index (χ3v) is 7.93. The van der Waals surface area contributed by atoms with E-state index in [1.165, 1.54) is 21.3 Å². The number of carbonyl (C=O) groups excluding carboxylic acids is 2. The number of anilines is 1. The Labute approximate surface area is 243 Å². The average Bonchev–Trinajstić information content (AvgIpc) is 2.90. The number of hydrogen-bond donors (Lipinski definition) is 1. The highest BCUT2D eigenvalue weighted by molar-refractivity contribution is 7.92. The largest absolute Gasteiger partial charge is 0.352 e. The van der Waals surface area contributed by atoms with Gasteiger partial charge < -0.3 is 10.2 Å². The molecule has 7 nitrogen and oxygen atoms in total. The summed E-state index contributed by atoms with van der Waals surface area (Å²) in [6, 6.07) is 20.0. The van der Waals surface area contributed by atoms with Gasteiger partial charge in [0.1, 0.15) is 11.9 Å². The molecule has 0 bridgehead atoms. The number of rotatable bonds is 13. The minimum absolute atomic E-state index is 0.0261. The van der Waals surface area contributed by atoms with Crippen LogP contribution in [0.3, 0.4) is 0 Å². The van der Waals surface area contributed by atoms with E-state index in [9.17, 15) is 22.4 Å². The van der Waals surface area contributed by atoms with E-state index in [1.807, 2.05) is 76.2 Å². The SMILES string of the molecule is Cc1ccc(C)c(N(CCCC(=O)N(Cc2ccc(F)cc2)[C@@H](Cc2ccccc2)C(=O)NC(C)C)S(C)(=O)=O)c1. The first-order valence-corrected chi connectivity index (χ1v) is 15.6. The molecule has 0 aliphatic carbocycles. The Morgan fingerprint density at radius 2 is 1.59 bits per heavy atom. The van der Waals surface area contributed by atoms with Gasteiger partial charge in [0.2, 0.25) is 21.8 Å². The van der Waals surface area contributed by atoms with Crippen LogP contribution in [0.2, 0.25) is 0 Å². The highest BCUT2D eigenvalue weighted by Crippen LogP contribution is 2.25. The lowest BCUT2D eigenvalue weighted by atomic mass is 10.0. The van der Waals surface area contributed by atoms with Crippen LogP contribution in [-0.2, 0) is 32.6 Å². The molecule has 9 heteroatoms. The number of benzene rings is 3. The number of nitrogens with one attached hydrogen (secondary N) is 1. The number of nitrogens with zero attached hydrogens (tertiary/aromatic N) is 2. The maximum atomic E-state index is 13.8. The zero-order valence-electron chi connectivity index (χ0n) is 24.4. The molecule has 0 aromatic heterocycles. The first-order chi connectivity index (χ1) is 19.3. The molecule has 3 aromatic rings. The van der Waals surface area contributed by atoms with Crippen molar-refractivity contribution in [2.24, 2.45) is 0 Å². The minimum Gasteiger partial charge on any atom is -0.352 e.